The summed E-state index contributed by atoms with van der Waals surface area (Å²) in [7, 11) is 0. The summed E-state index contributed by atoms with van der Waals surface area (Å²) in [4.78, 5) is 14.7. The zero-order chi connectivity index (χ0) is 20.2. The topological polar surface area (TPSA) is 29.5 Å². The first kappa shape index (κ1) is 19.9. The van der Waals surface area contributed by atoms with Crippen molar-refractivity contribution in [1.82, 2.24) is 4.90 Å². The molecule has 29 heavy (non-hydrogen) atoms. The van der Waals surface area contributed by atoms with Crippen LogP contribution in [0.2, 0.25) is 0 Å². The fourth-order valence-corrected chi connectivity index (χ4v) is 4.69. The first-order valence-electron chi connectivity index (χ1n) is 10.9. The second-order valence-electron chi connectivity index (χ2n) is 8.50. The van der Waals surface area contributed by atoms with Gasteiger partial charge in [-0.05, 0) is 35.4 Å². The molecule has 4 heteroatoms. The second kappa shape index (κ2) is 8.98. The van der Waals surface area contributed by atoms with E-state index in [0.717, 1.165) is 23.5 Å². The fourth-order valence-electron chi connectivity index (χ4n) is 4.69. The molecule has 1 saturated carbocycles. The summed E-state index contributed by atoms with van der Waals surface area (Å²) in [5.41, 5.74) is 1.94. The fraction of sp³-hybridized carbons (Fsp3) is 0.480. The Morgan fingerprint density at radius 1 is 1.03 bits per heavy atom. The molecule has 3 nitrogen and oxygen atoms in total. The largest absolute Gasteiger partial charge is 0.486 e. The van der Waals surface area contributed by atoms with E-state index in [9.17, 15) is 4.79 Å². The Balaban J connectivity index is 1.36. The number of nitrogens with zero attached hydrogens (tertiary/aromatic N) is 1. The minimum absolute atomic E-state index is 0.153. The molecule has 1 aliphatic heterocycles. The lowest BCUT2D eigenvalue weighted by molar-refractivity contribution is 0.0758. The molecule has 2 aromatic rings. The monoisotopic (exact) mass is 395 g/mol. The SMILES string of the molecule is CCC1CCC(CCN2Cc3ccc(OCc4ccccc4)c(F)c3C2=O)CC1. The number of hydrogen-bond acceptors (Lipinski definition) is 2. The molecule has 0 unspecified atom stereocenters. The van der Waals surface area contributed by atoms with Gasteiger partial charge in [-0.25, -0.2) is 4.39 Å². The number of ether oxygens (including phenoxy) is 1. The molecule has 0 atom stereocenters. The van der Waals surface area contributed by atoms with Crippen molar-refractivity contribution in [3.63, 3.8) is 0 Å². The van der Waals surface area contributed by atoms with Crippen molar-refractivity contribution in [3.05, 3.63) is 65.0 Å². The molecule has 0 N–H and O–H groups in total. The third-order valence-corrected chi connectivity index (χ3v) is 6.64. The number of amides is 1. The average molecular weight is 396 g/mol. The molecule has 0 spiro atoms. The third-order valence-electron chi connectivity index (χ3n) is 6.64. The van der Waals surface area contributed by atoms with Gasteiger partial charge in [0.05, 0.1) is 5.56 Å². The maximum absolute atomic E-state index is 15.0. The van der Waals surface area contributed by atoms with Gasteiger partial charge in [0, 0.05) is 13.1 Å². The molecule has 0 bridgehead atoms. The standard InChI is InChI=1S/C25H30FNO2/c1-2-18-8-10-19(11-9-18)14-15-27-16-21-12-13-22(24(26)23(21)25(27)28)29-17-20-6-4-3-5-7-20/h3-7,12-13,18-19H,2,8-11,14-17H2,1H3. The Labute approximate surface area is 172 Å². The van der Waals surface area contributed by atoms with Crippen molar-refractivity contribution < 1.29 is 13.9 Å². The van der Waals surface area contributed by atoms with Crippen LogP contribution in [0.1, 0.15) is 66.9 Å². The highest BCUT2D eigenvalue weighted by Crippen LogP contribution is 2.35. The Bertz CT molecular complexity index is 843. The van der Waals surface area contributed by atoms with Crippen molar-refractivity contribution in [2.75, 3.05) is 6.54 Å². The van der Waals surface area contributed by atoms with E-state index >= 15 is 4.39 Å². The molecule has 2 aromatic carbocycles. The minimum Gasteiger partial charge on any atom is -0.486 e. The van der Waals surface area contributed by atoms with Crippen LogP contribution >= 0.6 is 0 Å². The van der Waals surface area contributed by atoms with E-state index in [4.69, 9.17) is 4.74 Å². The molecular weight excluding hydrogens is 365 g/mol. The summed E-state index contributed by atoms with van der Waals surface area (Å²) in [6, 6.07) is 13.1. The molecule has 1 aliphatic carbocycles. The molecule has 1 fully saturated rings. The summed E-state index contributed by atoms with van der Waals surface area (Å²) in [6.07, 6.45) is 7.45. The lowest BCUT2D eigenvalue weighted by Gasteiger charge is -2.29. The van der Waals surface area contributed by atoms with Crippen LogP contribution in [0.5, 0.6) is 5.75 Å². The lowest BCUT2D eigenvalue weighted by Crippen LogP contribution is -2.28. The van der Waals surface area contributed by atoms with E-state index in [0.29, 0.717) is 19.0 Å². The van der Waals surface area contributed by atoms with Crippen molar-refractivity contribution in [2.24, 2.45) is 11.8 Å². The molecule has 4 rings (SSSR count). The van der Waals surface area contributed by atoms with E-state index < -0.39 is 5.82 Å². The van der Waals surface area contributed by atoms with Crippen LogP contribution in [0.4, 0.5) is 4.39 Å². The maximum atomic E-state index is 15.0. The van der Waals surface area contributed by atoms with Gasteiger partial charge in [0.2, 0.25) is 0 Å². The van der Waals surface area contributed by atoms with E-state index in [1.165, 1.54) is 32.1 Å². The van der Waals surface area contributed by atoms with E-state index in [1.807, 2.05) is 36.4 Å². The van der Waals surface area contributed by atoms with Crippen molar-refractivity contribution >= 4 is 5.91 Å². The Kier molecular flexibility index (Phi) is 6.17. The number of benzene rings is 2. The Morgan fingerprint density at radius 3 is 2.48 bits per heavy atom. The molecule has 0 radical (unpaired) electrons. The van der Waals surface area contributed by atoms with Gasteiger partial charge in [-0.1, -0.05) is 75.4 Å². The molecule has 154 valence electrons. The number of carbonyl (C=O) groups is 1. The third kappa shape index (κ3) is 4.47. The van der Waals surface area contributed by atoms with E-state index in [1.54, 1.807) is 11.0 Å². The highest BCUT2D eigenvalue weighted by molar-refractivity contribution is 5.99. The van der Waals surface area contributed by atoms with Crippen LogP contribution in [0.25, 0.3) is 0 Å². The second-order valence-corrected chi connectivity index (χ2v) is 8.50. The van der Waals surface area contributed by atoms with Crippen LogP contribution in [0.3, 0.4) is 0 Å². The lowest BCUT2D eigenvalue weighted by atomic mass is 9.79. The first-order valence-corrected chi connectivity index (χ1v) is 10.9. The van der Waals surface area contributed by atoms with Crippen molar-refractivity contribution in [1.29, 1.82) is 0 Å². The summed E-state index contributed by atoms with van der Waals surface area (Å²) in [5.74, 6) is 1.02. The van der Waals surface area contributed by atoms with Crippen LogP contribution in [-0.2, 0) is 13.2 Å². The predicted molar refractivity (Wildman–Crippen MR) is 112 cm³/mol. The summed E-state index contributed by atoms with van der Waals surface area (Å²) >= 11 is 0. The van der Waals surface area contributed by atoms with E-state index in [-0.39, 0.29) is 23.8 Å². The Morgan fingerprint density at radius 2 is 1.76 bits per heavy atom. The zero-order valence-corrected chi connectivity index (χ0v) is 17.2. The van der Waals surface area contributed by atoms with Crippen LogP contribution in [0, 0.1) is 17.7 Å². The number of carbonyl (C=O) groups excluding carboxylic acids is 1. The quantitative estimate of drug-likeness (QED) is 0.578. The van der Waals surface area contributed by atoms with Gasteiger partial charge in [0.1, 0.15) is 6.61 Å². The van der Waals surface area contributed by atoms with Gasteiger partial charge in [0.25, 0.3) is 5.91 Å². The number of halogens is 1. The average Bonchev–Trinajstić information content (AvgIpc) is 3.09. The Hall–Kier alpha value is -2.36. The van der Waals surface area contributed by atoms with Crippen LogP contribution in [-0.4, -0.2) is 17.4 Å². The highest BCUT2D eigenvalue weighted by Gasteiger charge is 2.32. The minimum atomic E-state index is -0.519. The smallest absolute Gasteiger partial charge is 0.257 e. The van der Waals surface area contributed by atoms with Gasteiger partial charge >= 0.3 is 0 Å². The van der Waals surface area contributed by atoms with E-state index in [2.05, 4.69) is 6.92 Å². The zero-order valence-electron chi connectivity index (χ0n) is 17.2. The van der Waals surface area contributed by atoms with Crippen molar-refractivity contribution in [3.8, 4) is 5.75 Å². The summed E-state index contributed by atoms with van der Waals surface area (Å²) < 4.78 is 20.7. The summed E-state index contributed by atoms with van der Waals surface area (Å²) in [5, 5.41) is 0. The van der Waals surface area contributed by atoms with Gasteiger partial charge in [-0.15, -0.1) is 0 Å². The number of fused-ring (bicyclic) bond motifs is 1. The molecule has 0 saturated heterocycles. The van der Waals surface area contributed by atoms with Crippen molar-refractivity contribution in [2.45, 2.75) is 58.6 Å². The molecular formula is C25H30FNO2. The molecule has 2 aliphatic rings. The van der Waals surface area contributed by atoms with Crippen LogP contribution in [0.15, 0.2) is 42.5 Å². The molecule has 1 amide bonds. The van der Waals surface area contributed by atoms with Gasteiger partial charge in [0.15, 0.2) is 11.6 Å². The number of hydrogen-bond donors (Lipinski definition) is 0. The molecule has 0 aromatic heterocycles. The highest BCUT2D eigenvalue weighted by atomic mass is 19.1. The summed E-state index contributed by atoms with van der Waals surface area (Å²) in [6.45, 7) is 3.79. The van der Waals surface area contributed by atoms with Crippen LogP contribution < -0.4 is 4.74 Å². The first-order chi connectivity index (χ1) is 14.2. The molecule has 1 heterocycles. The van der Waals surface area contributed by atoms with Gasteiger partial charge in [-0.3, -0.25) is 4.79 Å². The predicted octanol–water partition coefficient (Wildman–Crippen LogP) is 5.97. The normalized spacial score (nSPS) is 21.3. The number of rotatable bonds is 7. The van der Waals surface area contributed by atoms with Gasteiger partial charge in [-0.2, -0.15) is 0 Å². The van der Waals surface area contributed by atoms with Gasteiger partial charge < -0.3 is 9.64 Å². The maximum Gasteiger partial charge on any atom is 0.257 e.